The van der Waals surface area contributed by atoms with Crippen molar-refractivity contribution in [2.75, 3.05) is 20.2 Å². The Morgan fingerprint density at radius 3 is 2.12 bits per heavy atom. The van der Waals surface area contributed by atoms with E-state index in [1.165, 1.54) is 6.42 Å². The van der Waals surface area contributed by atoms with Gasteiger partial charge in [0.25, 0.3) is 0 Å². The third-order valence-electron chi connectivity index (χ3n) is 4.62. The summed E-state index contributed by atoms with van der Waals surface area (Å²) in [6.07, 6.45) is 1.22. The van der Waals surface area contributed by atoms with Crippen LogP contribution in [0.3, 0.4) is 0 Å². The van der Waals surface area contributed by atoms with Crippen molar-refractivity contribution < 1.29 is 9.53 Å². The Morgan fingerprint density at radius 1 is 1.31 bits per heavy atom. The van der Waals surface area contributed by atoms with Crippen molar-refractivity contribution in [1.82, 2.24) is 4.90 Å². The second-order valence-corrected chi connectivity index (χ2v) is 6.30. The van der Waals surface area contributed by atoms with Gasteiger partial charge in [-0.3, -0.25) is 4.79 Å². The van der Waals surface area contributed by atoms with Crippen LogP contribution in [0.15, 0.2) is 0 Å². The van der Waals surface area contributed by atoms with E-state index in [-0.39, 0.29) is 16.9 Å². The number of rotatable bonds is 1. The first kappa shape index (κ1) is 11.9. The van der Waals surface area contributed by atoms with Crippen molar-refractivity contribution in [1.29, 1.82) is 0 Å². The van der Waals surface area contributed by atoms with Gasteiger partial charge in [0.05, 0.1) is 5.60 Å². The molecule has 0 aromatic rings. The minimum atomic E-state index is -0.0149. The summed E-state index contributed by atoms with van der Waals surface area (Å²) in [5.41, 5.74) is 0.136. The lowest BCUT2D eigenvalue weighted by Gasteiger charge is -2.66. The van der Waals surface area contributed by atoms with E-state index in [0.717, 1.165) is 13.1 Å². The number of carbonyl (C=O) groups is 1. The number of amides is 1. The van der Waals surface area contributed by atoms with Crippen molar-refractivity contribution in [2.45, 2.75) is 39.7 Å². The Morgan fingerprint density at radius 2 is 1.81 bits per heavy atom. The summed E-state index contributed by atoms with van der Waals surface area (Å²) in [5.74, 6) is 1.23. The van der Waals surface area contributed by atoms with Crippen LogP contribution in [0, 0.1) is 17.3 Å². The van der Waals surface area contributed by atoms with Crippen LogP contribution in [0.2, 0.25) is 0 Å². The SMILES string of the molecule is COC1(C(C)(C)C)C2CC1CN(C(C)=O)C2. The van der Waals surface area contributed by atoms with Gasteiger partial charge >= 0.3 is 0 Å². The maximum atomic E-state index is 11.4. The van der Waals surface area contributed by atoms with E-state index in [1.807, 2.05) is 12.0 Å². The minimum Gasteiger partial charge on any atom is -0.377 e. The normalized spacial score (nSPS) is 38.2. The molecule has 1 amide bonds. The zero-order chi connectivity index (χ0) is 12.1. The topological polar surface area (TPSA) is 29.5 Å². The fourth-order valence-electron chi connectivity index (χ4n) is 4.01. The molecule has 0 N–H and O–H groups in total. The van der Waals surface area contributed by atoms with Crippen molar-refractivity contribution in [3.63, 3.8) is 0 Å². The number of methoxy groups -OCH3 is 1. The number of hydrogen-bond acceptors (Lipinski definition) is 2. The molecule has 2 heterocycles. The zero-order valence-electron chi connectivity index (χ0n) is 11.0. The minimum absolute atomic E-state index is 0.0149. The van der Waals surface area contributed by atoms with Crippen LogP contribution in [0.5, 0.6) is 0 Å². The van der Waals surface area contributed by atoms with Gasteiger partial charge in [-0.25, -0.2) is 0 Å². The summed E-state index contributed by atoms with van der Waals surface area (Å²) >= 11 is 0. The third-order valence-corrected chi connectivity index (χ3v) is 4.62. The Kier molecular flexibility index (Phi) is 2.57. The second kappa shape index (κ2) is 3.46. The molecule has 0 radical (unpaired) electrons. The molecule has 2 unspecified atom stereocenters. The summed E-state index contributed by atoms with van der Waals surface area (Å²) in [4.78, 5) is 13.4. The van der Waals surface area contributed by atoms with E-state index in [2.05, 4.69) is 20.8 Å². The van der Waals surface area contributed by atoms with Gasteiger partial charge in [-0.1, -0.05) is 20.8 Å². The molecular formula is C13H23NO2. The van der Waals surface area contributed by atoms with Crippen LogP contribution >= 0.6 is 0 Å². The van der Waals surface area contributed by atoms with E-state index in [9.17, 15) is 4.79 Å². The van der Waals surface area contributed by atoms with Gasteiger partial charge in [0.2, 0.25) is 5.91 Å². The molecule has 1 saturated carbocycles. The van der Waals surface area contributed by atoms with Crippen LogP contribution in [-0.2, 0) is 9.53 Å². The van der Waals surface area contributed by atoms with E-state index in [0.29, 0.717) is 11.8 Å². The Labute approximate surface area is 98.1 Å². The molecule has 0 spiro atoms. The van der Waals surface area contributed by atoms with E-state index < -0.39 is 0 Å². The van der Waals surface area contributed by atoms with Crippen LogP contribution in [0.1, 0.15) is 34.1 Å². The predicted molar refractivity (Wildman–Crippen MR) is 63.0 cm³/mol. The summed E-state index contributed by atoms with van der Waals surface area (Å²) in [6, 6.07) is 0. The van der Waals surface area contributed by atoms with E-state index >= 15 is 0 Å². The highest BCUT2D eigenvalue weighted by Crippen LogP contribution is 2.59. The lowest BCUT2D eigenvalue weighted by Crippen LogP contribution is -2.73. The third kappa shape index (κ3) is 1.33. The first-order valence-electron chi connectivity index (χ1n) is 6.13. The molecule has 3 nitrogen and oxygen atoms in total. The smallest absolute Gasteiger partial charge is 0.219 e. The first-order valence-corrected chi connectivity index (χ1v) is 6.13. The predicted octanol–water partition coefficient (Wildman–Crippen LogP) is 1.92. The molecule has 3 aliphatic rings. The highest BCUT2D eigenvalue weighted by Gasteiger charge is 2.64. The number of hydrogen-bond donors (Lipinski definition) is 0. The molecule has 0 aromatic heterocycles. The van der Waals surface area contributed by atoms with E-state index in [4.69, 9.17) is 4.74 Å². The fourth-order valence-corrected chi connectivity index (χ4v) is 4.01. The number of ether oxygens (including phenoxy) is 1. The first-order chi connectivity index (χ1) is 7.33. The highest BCUT2D eigenvalue weighted by atomic mass is 16.5. The van der Waals surface area contributed by atoms with Crippen LogP contribution < -0.4 is 0 Å². The second-order valence-electron chi connectivity index (χ2n) is 6.30. The molecule has 3 rings (SSSR count). The lowest BCUT2D eigenvalue weighted by atomic mass is 9.49. The van der Waals surface area contributed by atoms with Crippen molar-refractivity contribution in [2.24, 2.45) is 17.3 Å². The molecule has 3 fully saturated rings. The van der Waals surface area contributed by atoms with Gasteiger partial charge in [0.1, 0.15) is 0 Å². The van der Waals surface area contributed by atoms with Crippen molar-refractivity contribution in [3.8, 4) is 0 Å². The fraction of sp³-hybridized carbons (Fsp3) is 0.923. The van der Waals surface area contributed by atoms with Crippen LogP contribution in [-0.4, -0.2) is 36.6 Å². The van der Waals surface area contributed by atoms with Crippen molar-refractivity contribution in [3.05, 3.63) is 0 Å². The monoisotopic (exact) mass is 225 g/mol. The zero-order valence-corrected chi connectivity index (χ0v) is 11.0. The summed E-state index contributed by atoms with van der Waals surface area (Å²) < 4.78 is 5.90. The molecule has 3 heteroatoms. The highest BCUT2D eigenvalue weighted by molar-refractivity contribution is 5.73. The molecule has 92 valence electrons. The molecule has 1 aliphatic carbocycles. The van der Waals surface area contributed by atoms with Crippen molar-refractivity contribution >= 4 is 5.91 Å². The number of carbonyl (C=O) groups excluding carboxylic acids is 1. The summed E-state index contributed by atoms with van der Waals surface area (Å²) in [5, 5.41) is 0. The molecule has 0 aromatic carbocycles. The lowest BCUT2D eigenvalue weighted by molar-refractivity contribution is -0.261. The maximum absolute atomic E-state index is 11.4. The molecule has 2 saturated heterocycles. The van der Waals surface area contributed by atoms with Crippen LogP contribution in [0.4, 0.5) is 0 Å². The molecular weight excluding hydrogens is 202 g/mol. The molecule has 16 heavy (non-hydrogen) atoms. The van der Waals surface area contributed by atoms with Gasteiger partial charge in [0.15, 0.2) is 0 Å². The molecule has 2 aliphatic heterocycles. The average molecular weight is 225 g/mol. The quantitative estimate of drug-likeness (QED) is 0.682. The van der Waals surface area contributed by atoms with Gasteiger partial charge in [-0.05, 0) is 11.8 Å². The van der Waals surface area contributed by atoms with Gasteiger partial charge in [-0.15, -0.1) is 0 Å². The Hall–Kier alpha value is -0.570. The Bertz CT molecular complexity index is 294. The summed E-state index contributed by atoms with van der Waals surface area (Å²) in [6.45, 7) is 10.2. The molecule has 2 bridgehead atoms. The van der Waals surface area contributed by atoms with Gasteiger partial charge in [0, 0.05) is 39.0 Å². The van der Waals surface area contributed by atoms with Gasteiger partial charge in [-0.2, -0.15) is 0 Å². The summed E-state index contributed by atoms with van der Waals surface area (Å²) in [7, 11) is 1.83. The Balaban J connectivity index is 2.21. The standard InChI is InChI=1S/C13H23NO2/c1-9(15)14-7-10-6-11(8-14)13(10,16-5)12(2,3)4/h10-11H,6-8H2,1-5H3. The largest absolute Gasteiger partial charge is 0.377 e. The number of nitrogens with zero attached hydrogens (tertiary/aromatic N) is 1. The average Bonchev–Trinajstić information content (AvgIpc) is 2.16. The van der Waals surface area contributed by atoms with Gasteiger partial charge < -0.3 is 9.64 Å². The molecule has 2 atom stereocenters. The number of piperidine rings is 2. The number of fused-ring (bicyclic) bond motifs is 2. The maximum Gasteiger partial charge on any atom is 0.219 e. The van der Waals surface area contributed by atoms with E-state index in [1.54, 1.807) is 6.92 Å². The van der Waals surface area contributed by atoms with Crippen LogP contribution in [0.25, 0.3) is 0 Å².